The summed E-state index contributed by atoms with van der Waals surface area (Å²) in [5, 5.41) is 2.89. The Morgan fingerprint density at radius 3 is 2.36 bits per heavy atom. The summed E-state index contributed by atoms with van der Waals surface area (Å²) in [5.74, 6) is -0.431. The Morgan fingerprint density at radius 2 is 1.76 bits per heavy atom. The van der Waals surface area contributed by atoms with Crippen LogP contribution in [0.4, 0.5) is 18.9 Å². The second-order valence-corrected chi connectivity index (χ2v) is 5.60. The summed E-state index contributed by atoms with van der Waals surface area (Å²) in [6.07, 6.45) is -4.72. The Kier molecular flexibility index (Phi) is 5.90. The Morgan fingerprint density at radius 1 is 1.12 bits per heavy atom. The number of ether oxygens (including phenoxy) is 1. The normalized spacial score (nSPS) is 11.1. The van der Waals surface area contributed by atoms with Crippen LogP contribution >= 0.6 is 0 Å². The highest BCUT2D eigenvalue weighted by atomic mass is 19.4. The lowest BCUT2D eigenvalue weighted by atomic mass is 10.1. The van der Waals surface area contributed by atoms with Gasteiger partial charge in [0.25, 0.3) is 0 Å². The number of benzene rings is 2. The predicted molar refractivity (Wildman–Crippen MR) is 89.3 cm³/mol. The van der Waals surface area contributed by atoms with E-state index in [1.807, 2.05) is 31.2 Å². The summed E-state index contributed by atoms with van der Waals surface area (Å²) in [6.45, 7) is 2.52. The topological polar surface area (TPSA) is 41.6 Å². The van der Waals surface area contributed by atoms with Gasteiger partial charge in [0, 0.05) is 19.3 Å². The van der Waals surface area contributed by atoms with Crippen molar-refractivity contribution in [2.45, 2.75) is 19.8 Å². The predicted octanol–water partition coefficient (Wildman–Crippen LogP) is 3.96. The molecule has 2 rings (SSSR count). The van der Waals surface area contributed by atoms with Crippen molar-refractivity contribution in [3.05, 3.63) is 59.7 Å². The third-order valence-electron chi connectivity index (χ3n) is 3.63. The maximum absolute atomic E-state index is 12.2. The molecule has 0 unspecified atom stereocenters. The molecule has 0 aromatic heterocycles. The van der Waals surface area contributed by atoms with E-state index in [1.54, 1.807) is 11.9 Å². The van der Waals surface area contributed by atoms with Crippen LogP contribution in [0.5, 0.6) is 5.75 Å². The van der Waals surface area contributed by atoms with Crippen LogP contribution in [-0.2, 0) is 11.3 Å². The van der Waals surface area contributed by atoms with E-state index in [2.05, 4.69) is 10.1 Å². The maximum Gasteiger partial charge on any atom is 0.573 e. The molecule has 0 saturated heterocycles. The van der Waals surface area contributed by atoms with Gasteiger partial charge in [0.2, 0.25) is 5.91 Å². The number of nitrogens with one attached hydrogen (secondary N) is 1. The quantitative estimate of drug-likeness (QED) is 0.855. The zero-order valence-corrected chi connectivity index (χ0v) is 13.9. The summed E-state index contributed by atoms with van der Waals surface area (Å²) in [5.41, 5.74) is 2.70. The highest BCUT2D eigenvalue weighted by molar-refractivity contribution is 5.80. The molecule has 0 bridgehead atoms. The number of carbonyl (C=O) groups is 1. The number of hydrogen-bond acceptors (Lipinski definition) is 3. The van der Waals surface area contributed by atoms with Gasteiger partial charge < -0.3 is 15.0 Å². The molecule has 0 heterocycles. The van der Waals surface area contributed by atoms with E-state index in [9.17, 15) is 18.0 Å². The Hall–Kier alpha value is -2.70. The lowest BCUT2D eigenvalue weighted by Crippen LogP contribution is -2.32. The fourth-order valence-corrected chi connectivity index (χ4v) is 2.22. The smallest absolute Gasteiger partial charge is 0.406 e. The Balaban J connectivity index is 1.86. The first-order chi connectivity index (χ1) is 11.7. The molecule has 4 nitrogen and oxygen atoms in total. The zero-order valence-electron chi connectivity index (χ0n) is 13.9. The number of likely N-dealkylation sites (N-methyl/N-ethyl adjacent to an activating group) is 1. The van der Waals surface area contributed by atoms with Gasteiger partial charge in [0.1, 0.15) is 5.75 Å². The molecule has 0 aliphatic heterocycles. The van der Waals surface area contributed by atoms with Crippen molar-refractivity contribution in [2.75, 3.05) is 18.9 Å². The largest absolute Gasteiger partial charge is 0.573 e. The number of nitrogens with zero attached hydrogens (tertiary/aromatic N) is 1. The van der Waals surface area contributed by atoms with Crippen LogP contribution in [0.1, 0.15) is 11.1 Å². The van der Waals surface area contributed by atoms with Gasteiger partial charge in [0.05, 0.1) is 6.54 Å². The van der Waals surface area contributed by atoms with E-state index >= 15 is 0 Å². The van der Waals surface area contributed by atoms with Crippen LogP contribution in [0.2, 0.25) is 0 Å². The second-order valence-electron chi connectivity index (χ2n) is 5.60. The first-order valence-electron chi connectivity index (χ1n) is 7.63. The summed E-state index contributed by atoms with van der Waals surface area (Å²) in [4.78, 5) is 13.8. The summed E-state index contributed by atoms with van der Waals surface area (Å²) < 4.78 is 40.1. The molecular formula is C18H19F3N2O2. The Bertz CT molecular complexity index is 715. The molecule has 0 aliphatic rings. The van der Waals surface area contributed by atoms with E-state index in [4.69, 9.17) is 0 Å². The molecule has 0 spiro atoms. The van der Waals surface area contributed by atoms with Gasteiger partial charge in [-0.2, -0.15) is 0 Å². The minimum absolute atomic E-state index is 0.0435. The van der Waals surface area contributed by atoms with E-state index < -0.39 is 6.36 Å². The number of aryl methyl sites for hydroxylation is 1. The summed E-state index contributed by atoms with van der Waals surface area (Å²) in [7, 11) is 1.71. The fourth-order valence-electron chi connectivity index (χ4n) is 2.22. The molecule has 2 aromatic carbocycles. The fraction of sp³-hybridized carbons (Fsp3) is 0.278. The van der Waals surface area contributed by atoms with Crippen molar-refractivity contribution >= 4 is 11.6 Å². The molecule has 0 aliphatic carbocycles. The van der Waals surface area contributed by atoms with Crippen LogP contribution in [0, 0.1) is 6.92 Å². The molecule has 25 heavy (non-hydrogen) atoms. The van der Waals surface area contributed by atoms with E-state index in [0.717, 1.165) is 11.1 Å². The molecular weight excluding hydrogens is 333 g/mol. The third-order valence-corrected chi connectivity index (χ3v) is 3.63. The van der Waals surface area contributed by atoms with Crippen molar-refractivity contribution in [2.24, 2.45) is 0 Å². The van der Waals surface area contributed by atoms with Gasteiger partial charge >= 0.3 is 6.36 Å². The number of amides is 1. The molecule has 1 N–H and O–H groups in total. The lowest BCUT2D eigenvalue weighted by Gasteiger charge is -2.19. The molecule has 0 atom stereocenters. The van der Waals surface area contributed by atoms with E-state index in [1.165, 1.54) is 24.3 Å². The van der Waals surface area contributed by atoms with Gasteiger partial charge in [-0.15, -0.1) is 13.2 Å². The van der Waals surface area contributed by atoms with Crippen LogP contribution in [0.25, 0.3) is 0 Å². The van der Waals surface area contributed by atoms with Crippen LogP contribution in [0.15, 0.2) is 48.5 Å². The van der Waals surface area contributed by atoms with Gasteiger partial charge in [0.15, 0.2) is 0 Å². The van der Waals surface area contributed by atoms with Gasteiger partial charge in [-0.25, -0.2) is 0 Å². The molecule has 0 fully saturated rings. The number of hydrogen-bond donors (Lipinski definition) is 1. The summed E-state index contributed by atoms with van der Waals surface area (Å²) in [6, 6.07) is 13.0. The number of alkyl halides is 3. The number of carbonyl (C=O) groups excluding carboxylic acids is 1. The van der Waals surface area contributed by atoms with E-state index in [0.29, 0.717) is 12.2 Å². The van der Waals surface area contributed by atoms with Crippen molar-refractivity contribution in [3.63, 3.8) is 0 Å². The molecule has 1 amide bonds. The number of anilines is 1. The van der Waals surface area contributed by atoms with Crippen LogP contribution in [-0.4, -0.2) is 30.8 Å². The second kappa shape index (κ2) is 7.92. The lowest BCUT2D eigenvalue weighted by molar-refractivity contribution is -0.274. The van der Waals surface area contributed by atoms with E-state index in [-0.39, 0.29) is 18.2 Å². The van der Waals surface area contributed by atoms with Crippen molar-refractivity contribution < 1.29 is 22.7 Å². The average Bonchev–Trinajstić information content (AvgIpc) is 2.54. The monoisotopic (exact) mass is 352 g/mol. The molecule has 2 aromatic rings. The maximum atomic E-state index is 12.2. The Labute approximate surface area is 144 Å². The summed E-state index contributed by atoms with van der Waals surface area (Å²) >= 11 is 0. The standard InChI is InChI=1S/C18H19F3N2O2/c1-13-5-3-4-6-14(13)12-23(2)17(24)11-22-15-7-9-16(10-8-15)25-18(19,20)21/h3-10,22H,11-12H2,1-2H3. The molecule has 7 heteroatoms. The van der Waals surface area contributed by atoms with Gasteiger partial charge in [-0.05, 0) is 42.3 Å². The van der Waals surface area contributed by atoms with Crippen molar-refractivity contribution in [3.8, 4) is 5.75 Å². The van der Waals surface area contributed by atoms with Crippen molar-refractivity contribution in [1.29, 1.82) is 0 Å². The molecule has 0 radical (unpaired) electrons. The first kappa shape index (κ1) is 18.6. The number of halogens is 3. The molecule has 0 saturated carbocycles. The highest BCUT2D eigenvalue weighted by Gasteiger charge is 2.30. The van der Waals surface area contributed by atoms with Crippen LogP contribution < -0.4 is 10.1 Å². The molecule has 134 valence electrons. The SMILES string of the molecule is Cc1ccccc1CN(C)C(=O)CNc1ccc(OC(F)(F)F)cc1. The van der Waals surface area contributed by atoms with Crippen LogP contribution in [0.3, 0.4) is 0 Å². The zero-order chi connectivity index (χ0) is 18.4. The highest BCUT2D eigenvalue weighted by Crippen LogP contribution is 2.23. The van der Waals surface area contributed by atoms with Gasteiger partial charge in [-0.1, -0.05) is 24.3 Å². The van der Waals surface area contributed by atoms with Gasteiger partial charge in [-0.3, -0.25) is 4.79 Å². The van der Waals surface area contributed by atoms with Crippen molar-refractivity contribution in [1.82, 2.24) is 4.90 Å². The minimum atomic E-state index is -4.72. The average molecular weight is 352 g/mol. The number of rotatable bonds is 6. The first-order valence-corrected chi connectivity index (χ1v) is 7.63. The minimum Gasteiger partial charge on any atom is -0.406 e. The third kappa shape index (κ3) is 6.02.